The number of hydrogen-bond acceptors (Lipinski definition) is 6. The first-order valence-corrected chi connectivity index (χ1v) is 10.6. The smallest absolute Gasteiger partial charge is 0.144 e. The standard InChI is InChI=1S/C23H29N5O2/c1-6-7-8-9-10-24-22-21-16-12-19(29-5)17(20-13(2)28-30-14(20)3)11-18(16)27-23(21)26-15(4)25-22/h11-12H,6-10H2,1-5H3,(H2,24,25,26,27). The van der Waals surface area contributed by atoms with E-state index in [9.17, 15) is 0 Å². The number of aryl methyl sites for hydroxylation is 3. The molecular formula is C23H29N5O2. The Morgan fingerprint density at radius 1 is 1.10 bits per heavy atom. The Kier molecular flexibility index (Phi) is 5.61. The van der Waals surface area contributed by atoms with Gasteiger partial charge in [-0.05, 0) is 39.3 Å². The van der Waals surface area contributed by atoms with Crippen LogP contribution in [0.4, 0.5) is 5.82 Å². The summed E-state index contributed by atoms with van der Waals surface area (Å²) in [5.74, 6) is 3.15. The van der Waals surface area contributed by atoms with Gasteiger partial charge < -0.3 is 19.6 Å². The van der Waals surface area contributed by atoms with Gasteiger partial charge in [-0.3, -0.25) is 0 Å². The van der Waals surface area contributed by atoms with Crippen molar-refractivity contribution in [3.63, 3.8) is 0 Å². The van der Waals surface area contributed by atoms with Gasteiger partial charge in [0, 0.05) is 23.0 Å². The minimum absolute atomic E-state index is 0.739. The largest absolute Gasteiger partial charge is 0.496 e. The first-order chi connectivity index (χ1) is 14.5. The molecule has 0 aliphatic rings. The predicted molar refractivity (Wildman–Crippen MR) is 120 cm³/mol. The Balaban J connectivity index is 1.83. The van der Waals surface area contributed by atoms with Crippen LogP contribution < -0.4 is 10.1 Å². The third-order valence-corrected chi connectivity index (χ3v) is 5.51. The molecule has 0 aliphatic heterocycles. The summed E-state index contributed by atoms with van der Waals surface area (Å²) >= 11 is 0. The summed E-state index contributed by atoms with van der Waals surface area (Å²) in [6.45, 7) is 8.90. The van der Waals surface area contributed by atoms with E-state index in [0.29, 0.717) is 0 Å². The summed E-state index contributed by atoms with van der Waals surface area (Å²) in [6.07, 6.45) is 4.83. The number of unbranched alkanes of at least 4 members (excludes halogenated alkanes) is 3. The molecule has 2 N–H and O–H groups in total. The zero-order valence-corrected chi connectivity index (χ0v) is 18.3. The number of aromatic nitrogens is 4. The second kappa shape index (κ2) is 8.34. The number of H-pyrrole nitrogens is 1. The molecule has 0 saturated heterocycles. The number of hydrogen-bond donors (Lipinski definition) is 2. The second-order valence-corrected chi connectivity index (χ2v) is 7.75. The highest BCUT2D eigenvalue weighted by atomic mass is 16.5. The molecule has 0 unspecified atom stereocenters. The minimum atomic E-state index is 0.739. The van der Waals surface area contributed by atoms with Gasteiger partial charge in [0.15, 0.2) is 0 Å². The fourth-order valence-electron chi connectivity index (χ4n) is 4.05. The molecule has 4 aromatic rings. The molecule has 0 bridgehead atoms. The van der Waals surface area contributed by atoms with Crippen LogP contribution in [0, 0.1) is 20.8 Å². The van der Waals surface area contributed by atoms with Crippen molar-refractivity contribution in [2.45, 2.75) is 53.4 Å². The molecule has 30 heavy (non-hydrogen) atoms. The van der Waals surface area contributed by atoms with Crippen LogP contribution in [0.2, 0.25) is 0 Å². The molecule has 7 heteroatoms. The van der Waals surface area contributed by atoms with Crippen molar-refractivity contribution in [1.29, 1.82) is 0 Å². The van der Waals surface area contributed by atoms with Gasteiger partial charge in [-0.1, -0.05) is 31.3 Å². The quantitative estimate of drug-likeness (QED) is 0.365. The Morgan fingerprint density at radius 3 is 2.63 bits per heavy atom. The van der Waals surface area contributed by atoms with E-state index in [0.717, 1.165) is 74.9 Å². The number of benzene rings is 1. The number of ether oxygens (including phenoxy) is 1. The van der Waals surface area contributed by atoms with Gasteiger partial charge in [-0.25, -0.2) is 9.97 Å². The van der Waals surface area contributed by atoms with E-state index < -0.39 is 0 Å². The van der Waals surface area contributed by atoms with Gasteiger partial charge in [0.1, 0.15) is 28.8 Å². The lowest BCUT2D eigenvalue weighted by Gasteiger charge is -2.10. The molecule has 0 fully saturated rings. The van der Waals surface area contributed by atoms with E-state index in [2.05, 4.69) is 44.5 Å². The lowest BCUT2D eigenvalue weighted by Crippen LogP contribution is -2.05. The fourth-order valence-corrected chi connectivity index (χ4v) is 4.05. The number of fused-ring (bicyclic) bond motifs is 3. The SMILES string of the molecule is CCCCCCNc1nc(C)nc2[nH]c3cc(-c4c(C)noc4C)c(OC)cc3c12. The van der Waals surface area contributed by atoms with Crippen LogP contribution in [-0.2, 0) is 0 Å². The van der Waals surface area contributed by atoms with Crippen LogP contribution in [0.5, 0.6) is 5.75 Å². The predicted octanol–water partition coefficient (Wildman–Crippen LogP) is 5.69. The maximum atomic E-state index is 5.75. The zero-order chi connectivity index (χ0) is 21.3. The lowest BCUT2D eigenvalue weighted by atomic mass is 10.0. The first kappa shape index (κ1) is 20.2. The maximum absolute atomic E-state index is 5.75. The second-order valence-electron chi connectivity index (χ2n) is 7.75. The van der Waals surface area contributed by atoms with E-state index in [4.69, 9.17) is 9.26 Å². The van der Waals surface area contributed by atoms with Crippen LogP contribution in [0.1, 0.15) is 49.9 Å². The number of methoxy groups -OCH3 is 1. The molecule has 3 heterocycles. The van der Waals surface area contributed by atoms with Crippen molar-refractivity contribution in [1.82, 2.24) is 20.1 Å². The number of aromatic amines is 1. The van der Waals surface area contributed by atoms with Crippen molar-refractivity contribution in [3.8, 4) is 16.9 Å². The third-order valence-electron chi connectivity index (χ3n) is 5.51. The molecule has 0 amide bonds. The van der Waals surface area contributed by atoms with Crippen molar-refractivity contribution < 1.29 is 9.26 Å². The number of nitrogens with one attached hydrogen (secondary N) is 2. The summed E-state index contributed by atoms with van der Waals surface area (Å²) in [7, 11) is 1.69. The van der Waals surface area contributed by atoms with E-state index in [1.165, 1.54) is 19.3 Å². The van der Waals surface area contributed by atoms with Crippen LogP contribution >= 0.6 is 0 Å². The molecule has 0 spiro atoms. The van der Waals surface area contributed by atoms with Gasteiger partial charge in [0.25, 0.3) is 0 Å². The van der Waals surface area contributed by atoms with E-state index in [1.807, 2.05) is 20.8 Å². The van der Waals surface area contributed by atoms with Crippen LogP contribution in [0.15, 0.2) is 16.7 Å². The van der Waals surface area contributed by atoms with Crippen LogP contribution in [0.3, 0.4) is 0 Å². The van der Waals surface area contributed by atoms with Gasteiger partial charge in [-0.2, -0.15) is 0 Å². The number of nitrogens with zero attached hydrogens (tertiary/aromatic N) is 3. The Labute approximate surface area is 176 Å². The maximum Gasteiger partial charge on any atom is 0.144 e. The van der Waals surface area contributed by atoms with Crippen LogP contribution in [-0.4, -0.2) is 33.8 Å². The summed E-state index contributed by atoms with van der Waals surface area (Å²) in [6, 6.07) is 4.14. The Hall–Kier alpha value is -3.09. The van der Waals surface area contributed by atoms with E-state index in [-0.39, 0.29) is 0 Å². The third kappa shape index (κ3) is 3.60. The molecule has 0 radical (unpaired) electrons. The van der Waals surface area contributed by atoms with Crippen molar-refractivity contribution in [2.24, 2.45) is 0 Å². The Bertz CT molecular complexity index is 1170. The highest BCUT2D eigenvalue weighted by Crippen LogP contribution is 2.40. The average molecular weight is 408 g/mol. The highest BCUT2D eigenvalue weighted by Gasteiger charge is 2.20. The topological polar surface area (TPSA) is 88.9 Å². The number of anilines is 1. The summed E-state index contributed by atoms with van der Waals surface area (Å²) in [5, 5.41) is 9.66. The molecule has 158 valence electrons. The molecule has 0 saturated carbocycles. The monoisotopic (exact) mass is 407 g/mol. The van der Waals surface area contributed by atoms with Crippen molar-refractivity contribution in [3.05, 3.63) is 29.4 Å². The summed E-state index contributed by atoms with van der Waals surface area (Å²) < 4.78 is 11.1. The van der Waals surface area contributed by atoms with Crippen molar-refractivity contribution >= 4 is 27.8 Å². The molecule has 3 aromatic heterocycles. The molecule has 1 aromatic carbocycles. The summed E-state index contributed by atoms with van der Waals surface area (Å²) in [5.41, 5.74) is 4.56. The highest BCUT2D eigenvalue weighted by molar-refractivity contribution is 6.12. The van der Waals surface area contributed by atoms with E-state index >= 15 is 0 Å². The molecule has 4 rings (SSSR count). The molecule has 0 atom stereocenters. The summed E-state index contributed by atoms with van der Waals surface area (Å²) in [4.78, 5) is 12.8. The molecule has 7 nitrogen and oxygen atoms in total. The lowest BCUT2D eigenvalue weighted by molar-refractivity contribution is 0.393. The fraction of sp³-hybridized carbons (Fsp3) is 0.435. The van der Waals surface area contributed by atoms with E-state index in [1.54, 1.807) is 7.11 Å². The normalized spacial score (nSPS) is 11.5. The van der Waals surface area contributed by atoms with Crippen molar-refractivity contribution in [2.75, 3.05) is 19.0 Å². The van der Waals surface area contributed by atoms with Gasteiger partial charge >= 0.3 is 0 Å². The first-order valence-electron chi connectivity index (χ1n) is 10.6. The van der Waals surface area contributed by atoms with Gasteiger partial charge in [-0.15, -0.1) is 0 Å². The Morgan fingerprint density at radius 2 is 1.93 bits per heavy atom. The average Bonchev–Trinajstić information content (AvgIpc) is 3.24. The minimum Gasteiger partial charge on any atom is -0.496 e. The van der Waals surface area contributed by atoms with Gasteiger partial charge in [0.2, 0.25) is 0 Å². The molecule has 0 aliphatic carbocycles. The van der Waals surface area contributed by atoms with Crippen LogP contribution in [0.25, 0.3) is 33.1 Å². The zero-order valence-electron chi connectivity index (χ0n) is 18.3. The molecular weight excluding hydrogens is 378 g/mol. The van der Waals surface area contributed by atoms with Gasteiger partial charge in [0.05, 0.1) is 23.8 Å². The number of rotatable bonds is 8.